The quantitative estimate of drug-likeness (QED) is 0.404. The van der Waals surface area contributed by atoms with E-state index in [1.807, 2.05) is 13.0 Å². The maximum Gasteiger partial charge on any atom is 0.313 e. The Morgan fingerprint density at radius 1 is 1.06 bits per heavy atom. The number of hydrogen-bond acceptors (Lipinski definition) is 8. The third-order valence-electron chi connectivity index (χ3n) is 5.96. The molecule has 0 saturated heterocycles. The molecule has 0 spiro atoms. The Morgan fingerprint density at radius 3 is 2.56 bits per heavy atom. The second-order valence-electron chi connectivity index (χ2n) is 8.44. The van der Waals surface area contributed by atoms with Gasteiger partial charge in [-0.15, -0.1) is 5.10 Å². The summed E-state index contributed by atoms with van der Waals surface area (Å²) in [4.78, 5) is 9.37. The van der Waals surface area contributed by atoms with E-state index in [1.165, 1.54) is 3.97 Å². The fraction of sp³-hybridized carbons (Fsp3) is 0.167. The first-order valence-corrected chi connectivity index (χ1v) is 12.2. The fourth-order valence-electron chi connectivity index (χ4n) is 4.00. The highest BCUT2D eigenvalue weighted by molar-refractivity contribution is 7.90. The van der Waals surface area contributed by atoms with Crippen molar-refractivity contribution in [3.8, 4) is 22.7 Å². The Labute approximate surface area is 195 Å². The molecule has 2 aromatic carbocycles. The Kier molecular flexibility index (Phi) is 4.53. The molecule has 170 valence electrons. The van der Waals surface area contributed by atoms with E-state index in [9.17, 15) is 8.42 Å². The summed E-state index contributed by atoms with van der Waals surface area (Å²) in [6, 6.07) is 12.0. The number of benzene rings is 2. The van der Waals surface area contributed by atoms with Crippen LogP contribution >= 0.6 is 0 Å². The van der Waals surface area contributed by atoms with Crippen LogP contribution in [-0.2, 0) is 10.0 Å². The van der Waals surface area contributed by atoms with Crippen molar-refractivity contribution >= 4 is 26.9 Å². The van der Waals surface area contributed by atoms with Crippen molar-refractivity contribution in [1.29, 1.82) is 0 Å². The van der Waals surface area contributed by atoms with Crippen LogP contribution in [0.25, 0.3) is 33.6 Å². The molecule has 6 rings (SSSR count). The maximum atomic E-state index is 13.6. The van der Waals surface area contributed by atoms with Gasteiger partial charge < -0.3 is 10.2 Å². The molecule has 0 aliphatic heterocycles. The van der Waals surface area contributed by atoms with Crippen molar-refractivity contribution < 1.29 is 12.8 Å². The van der Waals surface area contributed by atoms with E-state index < -0.39 is 10.0 Å². The van der Waals surface area contributed by atoms with Crippen LogP contribution < -0.4 is 5.73 Å². The van der Waals surface area contributed by atoms with Crippen molar-refractivity contribution in [2.24, 2.45) is 0 Å². The van der Waals surface area contributed by atoms with Crippen LogP contribution in [0.15, 0.2) is 70.4 Å². The highest BCUT2D eigenvalue weighted by atomic mass is 32.2. The summed E-state index contributed by atoms with van der Waals surface area (Å²) in [5.74, 6) is 0.659. The summed E-state index contributed by atoms with van der Waals surface area (Å²) < 4.78 is 33.9. The summed E-state index contributed by atoms with van der Waals surface area (Å²) in [5, 5.41) is 8.35. The molecule has 0 unspecified atom stereocenters. The van der Waals surface area contributed by atoms with Crippen LogP contribution in [0.3, 0.4) is 0 Å². The molecular weight excluding hydrogens is 452 g/mol. The normalized spacial score (nSPS) is 14.0. The molecule has 0 bridgehead atoms. The van der Waals surface area contributed by atoms with Gasteiger partial charge in [-0.1, -0.05) is 22.8 Å². The Bertz CT molecular complexity index is 1650. The zero-order valence-corrected chi connectivity index (χ0v) is 19.0. The van der Waals surface area contributed by atoms with Crippen LogP contribution in [0.4, 0.5) is 6.01 Å². The van der Waals surface area contributed by atoms with E-state index in [1.54, 1.807) is 55.0 Å². The molecule has 1 aliphatic rings. The van der Waals surface area contributed by atoms with Gasteiger partial charge in [-0.25, -0.2) is 17.4 Å². The number of aromatic nitrogens is 5. The van der Waals surface area contributed by atoms with Gasteiger partial charge in [0.2, 0.25) is 5.89 Å². The molecular formula is C24H20N6O3S. The molecule has 1 saturated carbocycles. The van der Waals surface area contributed by atoms with E-state index in [0.717, 1.165) is 24.1 Å². The van der Waals surface area contributed by atoms with Crippen LogP contribution in [-0.4, -0.2) is 32.6 Å². The molecule has 34 heavy (non-hydrogen) atoms. The van der Waals surface area contributed by atoms with Crippen LogP contribution in [0, 0.1) is 6.92 Å². The van der Waals surface area contributed by atoms with Crippen LogP contribution in [0.5, 0.6) is 0 Å². The molecule has 1 aliphatic carbocycles. The minimum Gasteiger partial charge on any atom is -0.404 e. The highest BCUT2D eigenvalue weighted by Crippen LogP contribution is 2.40. The van der Waals surface area contributed by atoms with Gasteiger partial charge in [0.1, 0.15) is 0 Å². The van der Waals surface area contributed by atoms with Crippen LogP contribution in [0.2, 0.25) is 0 Å². The Balaban J connectivity index is 1.59. The first kappa shape index (κ1) is 20.5. The first-order valence-electron chi connectivity index (χ1n) is 10.8. The van der Waals surface area contributed by atoms with E-state index in [-0.39, 0.29) is 16.8 Å². The van der Waals surface area contributed by atoms with Gasteiger partial charge in [-0.3, -0.25) is 4.98 Å². The van der Waals surface area contributed by atoms with E-state index in [0.29, 0.717) is 33.6 Å². The minimum absolute atomic E-state index is 0.0437. The maximum absolute atomic E-state index is 13.6. The van der Waals surface area contributed by atoms with Gasteiger partial charge in [-0.2, -0.15) is 0 Å². The van der Waals surface area contributed by atoms with Crippen molar-refractivity contribution in [2.75, 3.05) is 5.73 Å². The van der Waals surface area contributed by atoms with E-state index in [2.05, 4.69) is 15.2 Å². The molecule has 0 amide bonds. The number of hydrogen-bond donors (Lipinski definition) is 1. The fourth-order valence-corrected chi connectivity index (χ4v) is 5.37. The topological polar surface area (TPSA) is 130 Å². The lowest BCUT2D eigenvalue weighted by atomic mass is 10.1. The first-order chi connectivity index (χ1) is 16.4. The van der Waals surface area contributed by atoms with Gasteiger partial charge in [0.15, 0.2) is 0 Å². The lowest BCUT2D eigenvalue weighted by molar-refractivity contribution is 0.589. The number of anilines is 1. The molecule has 0 atom stereocenters. The molecule has 2 N–H and O–H groups in total. The van der Waals surface area contributed by atoms with Crippen molar-refractivity contribution in [1.82, 2.24) is 24.1 Å². The molecule has 3 heterocycles. The second-order valence-corrected chi connectivity index (χ2v) is 10.3. The highest BCUT2D eigenvalue weighted by Gasteiger charge is 2.27. The largest absolute Gasteiger partial charge is 0.404 e. The Morgan fingerprint density at radius 2 is 1.85 bits per heavy atom. The number of nitrogens with zero attached hydrogens (tertiary/aromatic N) is 5. The number of rotatable bonds is 5. The average molecular weight is 473 g/mol. The van der Waals surface area contributed by atoms with Crippen molar-refractivity contribution in [3.63, 3.8) is 0 Å². The Hall–Kier alpha value is -4.05. The lowest BCUT2D eigenvalue weighted by Gasteiger charge is -2.08. The minimum atomic E-state index is -3.86. The van der Waals surface area contributed by atoms with Gasteiger partial charge in [0.05, 0.1) is 28.0 Å². The van der Waals surface area contributed by atoms with Gasteiger partial charge in [0.25, 0.3) is 10.0 Å². The lowest BCUT2D eigenvalue weighted by Crippen LogP contribution is -2.11. The number of nitrogen functional groups attached to an aromatic ring is 1. The third kappa shape index (κ3) is 3.43. The summed E-state index contributed by atoms with van der Waals surface area (Å²) >= 11 is 0. The second kappa shape index (κ2) is 7.49. The number of nitrogens with two attached hydrogens (primary N) is 1. The molecule has 1 fully saturated rings. The van der Waals surface area contributed by atoms with Gasteiger partial charge in [-0.05, 0) is 50.1 Å². The SMILES string of the molecule is Cc1ccc(S(=O)(=O)n2cc(-c3cncc(C4CC4)n3)c3cc(-c4nnc(N)o4)ccc32)cc1. The van der Waals surface area contributed by atoms with Crippen molar-refractivity contribution in [3.05, 3.63) is 72.3 Å². The summed E-state index contributed by atoms with van der Waals surface area (Å²) in [6.45, 7) is 1.91. The van der Waals surface area contributed by atoms with E-state index in [4.69, 9.17) is 15.1 Å². The van der Waals surface area contributed by atoms with Gasteiger partial charge >= 0.3 is 6.01 Å². The molecule has 10 heteroatoms. The zero-order valence-electron chi connectivity index (χ0n) is 18.2. The van der Waals surface area contributed by atoms with Crippen LogP contribution in [0.1, 0.15) is 30.0 Å². The van der Waals surface area contributed by atoms with E-state index >= 15 is 0 Å². The predicted octanol–water partition coefficient (Wildman–Crippen LogP) is 4.15. The number of fused-ring (bicyclic) bond motifs is 1. The third-order valence-corrected chi connectivity index (χ3v) is 7.65. The summed E-state index contributed by atoms with van der Waals surface area (Å²) in [7, 11) is -3.86. The summed E-state index contributed by atoms with van der Waals surface area (Å²) in [6.07, 6.45) is 7.21. The smallest absolute Gasteiger partial charge is 0.313 e. The molecule has 0 radical (unpaired) electrons. The average Bonchev–Trinajstić information content (AvgIpc) is 3.49. The standard InChI is InChI=1S/C24H20N6O3S/c1-14-2-7-17(8-3-14)34(31,32)30-13-19(21-12-26-11-20(27-21)15-4-5-15)18-10-16(6-9-22(18)30)23-28-29-24(25)33-23/h2-3,6-13,15H,4-5H2,1H3,(H2,25,29). The molecule has 5 aromatic rings. The predicted molar refractivity (Wildman–Crippen MR) is 126 cm³/mol. The van der Waals surface area contributed by atoms with Crippen molar-refractivity contribution in [2.45, 2.75) is 30.6 Å². The summed E-state index contributed by atoms with van der Waals surface area (Å²) in [5.41, 5.74) is 9.87. The molecule has 3 aromatic heterocycles. The number of aryl methyl sites for hydroxylation is 1. The monoisotopic (exact) mass is 472 g/mol. The zero-order chi connectivity index (χ0) is 23.4. The molecule has 9 nitrogen and oxygen atoms in total. The van der Waals surface area contributed by atoms with Gasteiger partial charge in [0, 0.05) is 34.8 Å².